The van der Waals surface area contributed by atoms with Crippen molar-refractivity contribution in [2.24, 2.45) is 5.92 Å². The minimum Gasteiger partial charge on any atom is -0.311 e. The lowest BCUT2D eigenvalue weighted by Gasteiger charge is -2.14. The van der Waals surface area contributed by atoms with Crippen LogP contribution in [0.1, 0.15) is 30.5 Å². The van der Waals surface area contributed by atoms with E-state index in [-0.39, 0.29) is 0 Å². The quantitative estimate of drug-likeness (QED) is 0.743. The van der Waals surface area contributed by atoms with Crippen LogP contribution in [0.2, 0.25) is 0 Å². The van der Waals surface area contributed by atoms with E-state index in [2.05, 4.69) is 56.9 Å². The van der Waals surface area contributed by atoms with Gasteiger partial charge in [-0.3, -0.25) is 0 Å². The lowest BCUT2D eigenvalue weighted by atomic mass is 10.2. The Morgan fingerprint density at radius 1 is 1.31 bits per heavy atom. The highest BCUT2D eigenvalue weighted by Gasteiger charge is 2.06. The highest BCUT2D eigenvalue weighted by molar-refractivity contribution is 7.99. The third-order valence-corrected chi connectivity index (χ3v) is 5.20. The zero-order chi connectivity index (χ0) is 12.0. The summed E-state index contributed by atoms with van der Waals surface area (Å²) in [7, 11) is 0. The molecule has 0 bridgehead atoms. The predicted molar refractivity (Wildman–Crippen MR) is 77.5 cm³/mol. The molecule has 1 heterocycles. The Kier molecular flexibility index (Phi) is 6.47. The highest BCUT2D eigenvalue weighted by atomic mass is 32.2. The third kappa shape index (κ3) is 5.37. The van der Waals surface area contributed by atoms with Gasteiger partial charge in [-0.2, -0.15) is 11.8 Å². The van der Waals surface area contributed by atoms with Crippen molar-refractivity contribution >= 4 is 23.1 Å². The fourth-order valence-electron chi connectivity index (χ4n) is 1.30. The lowest BCUT2D eigenvalue weighted by Crippen LogP contribution is -2.18. The summed E-state index contributed by atoms with van der Waals surface area (Å²) in [5.74, 6) is 1.99. The average Bonchev–Trinajstić information content (AvgIpc) is 2.63. The molecule has 0 aromatic carbocycles. The molecule has 1 atom stereocenters. The summed E-state index contributed by atoms with van der Waals surface area (Å²) in [5, 5.41) is 4.27. The van der Waals surface area contributed by atoms with Crippen molar-refractivity contribution in [3.63, 3.8) is 0 Å². The molecule has 0 amide bonds. The van der Waals surface area contributed by atoms with E-state index in [0.29, 0.717) is 0 Å². The number of thioether (sulfide) groups is 1. The summed E-state index contributed by atoms with van der Waals surface area (Å²) in [6.45, 7) is 11.2. The molecule has 0 saturated carbocycles. The number of rotatable bonds is 7. The van der Waals surface area contributed by atoms with Crippen molar-refractivity contribution in [2.75, 3.05) is 12.3 Å². The molecule has 1 nitrogen and oxygen atoms in total. The summed E-state index contributed by atoms with van der Waals surface area (Å²) < 4.78 is 0. The fourth-order valence-corrected chi connectivity index (χ4v) is 3.18. The topological polar surface area (TPSA) is 12.0 Å². The highest BCUT2D eigenvalue weighted by Crippen LogP contribution is 2.18. The standard InChI is InChI=1S/C13H23NS2/c1-10(2)12(4)15-8-7-14-9-13-6-5-11(3)16-13/h5-6,10,12,14H,7-9H2,1-4H3. The van der Waals surface area contributed by atoms with Gasteiger partial charge in [0.1, 0.15) is 0 Å². The van der Waals surface area contributed by atoms with E-state index >= 15 is 0 Å². The number of hydrogen-bond donors (Lipinski definition) is 1. The molecule has 1 aromatic heterocycles. The van der Waals surface area contributed by atoms with Crippen molar-refractivity contribution < 1.29 is 0 Å². The zero-order valence-electron chi connectivity index (χ0n) is 10.7. The maximum absolute atomic E-state index is 3.50. The molecule has 92 valence electrons. The molecular formula is C13H23NS2. The van der Waals surface area contributed by atoms with Crippen LogP contribution in [0.3, 0.4) is 0 Å². The van der Waals surface area contributed by atoms with Crippen LogP contribution in [0.5, 0.6) is 0 Å². The van der Waals surface area contributed by atoms with E-state index < -0.39 is 0 Å². The zero-order valence-corrected chi connectivity index (χ0v) is 12.4. The van der Waals surface area contributed by atoms with E-state index in [9.17, 15) is 0 Å². The van der Waals surface area contributed by atoms with Crippen molar-refractivity contribution in [2.45, 2.75) is 39.5 Å². The van der Waals surface area contributed by atoms with Gasteiger partial charge in [-0.1, -0.05) is 20.8 Å². The summed E-state index contributed by atoms with van der Waals surface area (Å²) in [6, 6.07) is 4.41. The maximum Gasteiger partial charge on any atom is 0.0300 e. The number of aryl methyl sites for hydroxylation is 1. The third-order valence-electron chi connectivity index (χ3n) is 2.69. The summed E-state index contributed by atoms with van der Waals surface area (Å²) in [4.78, 5) is 2.85. The minimum atomic E-state index is 0.769. The second-order valence-electron chi connectivity index (χ2n) is 4.51. The Balaban J connectivity index is 2.04. The van der Waals surface area contributed by atoms with Gasteiger partial charge in [0, 0.05) is 33.8 Å². The van der Waals surface area contributed by atoms with Gasteiger partial charge in [0.15, 0.2) is 0 Å². The molecule has 0 fully saturated rings. The van der Waals surface area contributed by atoms with Gasteiger partial charge in [0.2, 0.25) is 0 Å². The molecule has 1 rings (SSSR count). The van der Waals surface area contributed by atoms with Gasteiger partial charge in [-0.25, -0.2) is 0 Å². The van der Waals surface area contributed by atoms with Gasteiger partial charge >= 0.3 is 0 Å². The van der Waals surface area contributed by atoms with E-state index in [1.165, 1.54) is 15.5 Å². The van der Waals surface area contributed by atoms with Crippen LogP contribution in [0, 0.1) is 12.8 Å². The van der Waals surface area contributed by atoms with Crippen molar-refractivity contribution in [1.82, 2.24) is 5.32 Å². The van der Waals surface area contributed by atoms with Crippen LogP contribution in [-0.4, -0.2) is 17.5 Å². The van der Waals surface area contributed by atoms with Crippen LogP contribution in [0.4, 0.5) is 0 Å². The lowest BCUT2D eigenvalue weighted by molar-refractivity contribution is 0.640. The second-order valence-corrected chi connectivity index (χ2v) is 7.37. The Bertz CT molecular complexity index is 294. The smallest absolute Gasteiger partial charge is 0.0300 e. The van der Waals surface area contributed by atoms with Crippen LogP contribution < -0.4 is 5.32 Å². The Morgan fingerprint density at radius 3 is 2.62 bits per heavy atom. The van der Waals surface area contributed by atoms with Crippen LogP contribution in [0.15, 0.2) is 12.1 Å². The fraction of sp³-hybridized carbons (Fsp3) is 0.692. The second kappa shape index (κ2) is 7.36. The molecule has 0 aliphatic rings. The summed E-state index contributed by atoms with van der Waals surface area (Å²) in [6.07, 6.45) is 0. The number of thiophene rings is 1. The molecule has 0 aliphatic carbocycles. The SMILES string of the molecule is Cc1ccc(CNCCSC(C)C(C)C)s1. The largest absolute Gasteiger partial charge is 0.311 e. The normalized spacial score (nSPS) is 13.3. The molecule has 1 unspecified atom stereocenters. The first-order valence-electron chi connectivity index (χ1n) is 5.97. The maximum atomic E-state index is 3.50. The van der Waals surface area contributed by atoms with Crippen LogP contribution in [-0.2, 0) is 6.54 Å². The summed E-state index contributed by atoms with van der Waals surface area (Å²) in [5.41, 5.74) is 0. The molecule has 0 radical (unpaired) electrons. The predicted octanol–water partition coefficient (Wildman–Crippen LogP) is 3.92. The van der Waals surface area contributed by atoms with E-state index in [1.807, 2.05) is 11.3 Å². The number of nitrogens with one attached hydrogen (secondary N) is 1. The average molecular weight is 257 g/mol. The van der Waals surface area contributed by atoms with Crippen molar-refractivity contribution in [3.8, 4) is 0 Å². The van der Waals surface area contributed by atoms with Gasteiger partial charge in [-0.05, 0) is 25.0 Å². The van der Waals surface area contributed by atoms with E-state index in [0.717, 1.165) is 24.3 Å². The molecule has 0 saturated heterocycles. The van der Waals surface area contributed by atoms with E-state index in [1.54, 1.807) is 0 Å². The minimum absolute atomic E-state index is 0.769. The monoisotopic (exact) mass is 257 g/mol. The summed E-state index contributed by atoms with van der Waals surface area (Å²) >= 11 is 3.95. The van der Waals surface area contributed by atoms with Gasteiger partial charge in [0.05, 0.1) is 0 Å². The number of hydrogen-bond acceptors (Lipinski definition) is 3. The molecule has 16 heavy (non-hydrogen) atoms. The molecule has 0 aliphatic heterocycles. The van der Waals surface area contributed by atoms with Gasteiger partial charge in [0.25, 0.3) is 0 Å². The van der Waals surface area contributed by atoms with Crippen LogP contribution >= 0.6 is 23.1 Å². The van der Waals surface area contributed by atoms with Crippen molar-refractivity contribution in [1.29, 1.82) is 0 Å². The Morgan fingerprint density at radius 2 is 2.06 bits per heavy atom. The molecule has 1 N–H and O–H groups in total. The van der Waals surface area contributed by atoms with Crippen LogP contribution in [0.25, 0.3) is 0 Å². The van der Waals surface area contributed by atoms with Gasteiger partial charge in [-0.15, -0.1) is 11.3 Å². The molecule has 1 aromatic rings. The van der Waals surface area contributed by atoms with Crippen molar-refractivity contribution in [3.05, 3.63) is 21.9 Å². The molecule has 0 spiro atoms. The first-order valence-corrected chi connectivity index (χ1v) is 7.83. The molecular weight excluding hydrogens is 234 g/mol. The Hall–Kier alpha value is 0.01000. The van der Waals surface area contributed by atoms with E-state index in [4.69, 9.17) is 0 Å². The molecule has 3 heteroatoms. The first kappa shape index (κ1) is 14.1. The van der Waals surface area contributed by atoms with Gasteiger partial charge < -0.3 is 5.32 Å². The Labute approximate surface area is 108 Å². The first-order chi connectivity index (χ1) is 7.59.